The van der Waals surface area contributed by atoms with Crippen LogP contribution < -0.4 is 5.32 Å². The van der Waals surface area contributed by atoms with Crippen LogP contribution in [0.3, 0.4) is 0 Å². The van der Waals surface area contributed by atoms with Gasteiger partial charge >= 0.3 is 0 Å². The molecule has 0 aliphatic heterocycles. The van der Waals surface area contributed by atoms with E-state index in [2.05, 4.69) is 61.4 Å². The molecule has 0 bridgehead atoms. The third kappa shape index (κ3) is 4.76. The van der Waals surface area contributed by atoms with Gasteiger partial charge in [-0.05, 0) is 50.7 Å². The molecule has 0 aromatic heterocycles. The molecule has 112 valence electrons. The minimum absolute atomic E-state index is 0.350. The average Bonchev–Trinajstić information content (AvgIpc) is 2.48. The smallest absolute Gasteiger partial charge is 0.0409 e. The Labute approximate surface area is 132 Å². The summed E-state index contributed by atoms with van der Waals surface area (Å²) >= 11 is 6.06. The Bertz CT molecular complexity index is 566. The summed E-state index contributed by atoms with van der Waals surface area (Å²) in [6.45, 7) is 6.20. The molecule has 0 spiro atoms. The molecule has 0 aliphatic carbocycles. The number of hydrogen-bond donors (Lipinski definition) is 1. The Hall–Kier alpha value is -1.51. The van der Waals surface area contributed by atoms with E-state index in [-0.39, 0.29) is 0 Å². The van der Waals surface area contributed by atoms with Crippen molar-refractivity contribution in [3.63, 3.8) is 0 Å². The van der Waals surface area contributed by atoms with Gasteiger partial charge in [-0.1, -0.05) is 41.4 Å². The normalized spacial score (nSPS) is 12.4. The molecule has 2 aromatic carbocycles. The lowest BCUT2D eigenvalue weighted by Crippen LogP contribution is -2.28. The number of halogens is 1. The Morgan fingerprint density at radius 2 is 1.86 bits per heavy atom. The summed E-state index contributed by atoms with van der Waals surface area (Å²) in [6, 6.07) is 16.9. The maximum Gasteiger partial charge on any atom is 0.0409 e. The van der Waals surface area contributed by atoms with Crippen LogP contribution in [0.1, 0.15) is 24.1 Å². The molecule has 0 saturated heterocycles. The van der Waals surface area contributed by atoms with Gasteiger partial charge in [-0.25, -0.2) is 0 Å². The molecule has 1 atom stereocenters. The fraction of sp³-hybridized carbons (Fsp3) is 0.333. The third-order valence-corrected chi connectivity index (χ3v) is 4.07. The minimum Gasteiger partial charge on any atom is -0.384 e. The first-order valence-corrected chi connectivity index (χ1v) is 7.70. The molecular formula is C18H23ClN2. The second-order valence-electron chi connectivity index (χ2n) is 5.50. The molecular weight excluding hydrogens is 280 g/mol. The van der Waals surface area contributed by atoms with Crippen molar-refractivity contribution in [1.29, 1.82) is 0 Å². The lowest BCUT2D eigenvalue weighted by atomic mass is 10.1. The molecule has 0 fully saturated rings. The summed E-state index contributed by atoms with van der Waals surface area (Å²) in [5.41, 5.74) is 3.71. The molecule has 2 aromatic rings. The largest absolute Gasteiger partial charge is 0.384 e. The zero-order valence-corrected chi connectivity index (χ0v) is 13.7. The van der Waals surface area contributed by atoms with E-state index in [0.717, 1.165) is 18.1 Å². The number of nitrogens with zero attached hydrogens (tertiary/aromatic N) is 1. The van der Waals surface area contributed by atoms with E-state index < -0.39 is 0 Å². The molecule has 21 heavy (non-hydrogen) atoms. The number of rotatable bonds is 6. The first kappa shape index (κ1) is 15.9. The molecule has 0 amide bonds. The maximum absolute atomic E-state index is 6.06. The molecule has 0 aliphatic rings. The van der Waals surface area contributed by atoms with E-state index in [0.29, 0.717) is 6.04 Å². The third-order valence-electron chi connectivity index (χ3n) is 3.84. The van der Waals surface area contributed by atoms with Gasteiger partial charge in [-0.3, -0.25) is 4.90 Å². The number of hydrogen-bond acceptors (Lipinski definition) is 2. The Morgan fingerprint density at radius 1 is 1.14 bits per heavy atom. The van der Waals surface area contributed by atoms with E-state index in [4.69, 9.17) is 11.6 Å². The highest BCUT2D eigenvalue weighted by atomic mass is 35.5. The second kappa shape index (κ2) is 7.48. The summed E-state index contributed by atoms with van der Waals surface area (Å²) in [5, 5.41) is 4.25. The van der Waals surface area contributed by atoms with Gasteiger partial charge in [0, 0.05) is 29.8 Å². The lowest BCUT2D eigenvalue weighted by molar-refractivity contribution is 0.271. The average molecular weight is 303 g/mol. The van der Waals surface area contributed by atoms with Crippen LogP contribution in [0.4, 0.5) is 5.69 Å². The van der Waals surface area contributed by atoms with Crippen molar-refractivity contribution in [2.45, 2.75) is 19.9 Å². The van der Waals surface area contributed by atoms with Crippen LogP contribution in [0.15, 0.2) is 48.5 Å². The lowest BCUT2D eigenvalue weighted by Gasteiger charge is -2.25. The maximum atomic E-state index is 6.06. The molecule has 2 rings (SSSR count). The number of aryl methyl sites for hydroxylation is 1. The van der Waals surface area contributed by atoms with Crippen molar-refractivity contribution >= 4 is 17.3 Å². The zero-order chi connectivity index (χ0) is 15.2. The highest BCUT2D eigenvalue weighted by molar-refractivity contribution is 6.30. The number of benzene rings is 2. The topological polar surface area (TPSA) is 15.3 Å². The van der Waals surface area contributed by atoms with Gasteiger partial charge in [0.05, 0.1) is 0 Å². The summed E-state index contributed by atoms with van der Waals surface area (Å²) in [4.78, 5) is 2.33. The monoisotopic (exact) mass is 302 g/mol. The van der Waals surface area contributed by atoms with Crippen LogP contribution in [-0.4, -0.2) is 25.0 Å². The van der Waals surface area contributed by atoms with Gasteiger partial charge < -0.3 is 5.32 Å². The molecule has 0 heterocycles. The summed E-state index contributed by atoms with van der Waals surface area (Å²) in [5.74, 6) is 0. The van der Waals surface area contributed by atoms with Crippen LogP contribution in [0.2, 0.25) is 5.02 Å². The summed E-state index contributed by atoms with van der Waals surface area (Å²) in [7, 11) is 2.14. The van der Waals surface area contributed by atoms with Crippen LogP contribution in [0.25, 0.3) is 0 Å². The van der Waals surface area contributed by atoms with Gasteiger partial charge in [0.15, 0.2) is 0 Å². The first-order valence-electron chi connectivity index (χ1n) is 7.32. The highest BCUT2D eigenvalue weighted by Gasteiger charge is 2.11. The second-order valence-corrected chi connectivity index (χ2v) is 5.94. The van der Waals surface area contributed by atoms with Crippen LogP contribution in [0, 0.1) is 6.92 Å². The zero-order valence-electron chi connectivity index (χ0n) is 12.9. The fourth-order valence-corrected chi connectivity index (χ4v) is 2.46. The molecule has 0 radical (unpaired) electrons. The van der Waals surface area contributed by atoms with Crippen molar-refractivity contribution in [3.05, 3.63) is 64.7 Å². The molecule has 1 N–H and O–H groups in total. The SMILES string of the molecule is Cc1ccc(NCCN(C)C(C)c2cccc(Cl)c2)cc1. The van der Waals surface area contributed by atoms with E-state index >= 15 is 0 Å². The van der Waals surface area contributed by atoms with E-state index in [1.807, 2.05) is 18.2 Å². The number of anilines is 1. The van der Waals surface area contributed by atoms with Crippen LogP contribution >= 0.6 is 11.6 Å². The van der Waals surface area contributed by atoms with Crippen molar-refractivity contribution in [2.24, 2.45) is 0 Å². The Kier molecular flexibility index (Phi) is 5.66. The Morgan fingerprint density at radius 3 is 2.52 bits per heavy atom. The predicted octanol–water partition coefficient (Wildman–Crippen LogP) is 4.75. The van der Waals surface area contributed by atoms with E-state index in [9.17, 15) is 0 Å². The quantitative estimate of drug-likeness (QED) is 0.828. The van der Waals surface area contributed by atoms with Crippen molar-refractivity contribution < 1.29 is 0 Å². The highest BCUT2D eigenvalue weighted by Crippen LogP contribution is 2.21. The summed E-state index contributed by atoms with van der Waals surface area (Å²) < 4.78 is 0. The van der Waals surface area contributed by atoms with Crippen molar-refractivity contribution in [3.8, 4) is 0 Å². The first-order chi connectivity index (χ1) is 10.1. The van der Waals surface area contributed by atoms with E-state index in [1.54, 1.807) is 0 Å². The van der Waals surface area contributed by atoms with Gasteiger partial charge in [0.2, 0.25) is 0 Å². The molecule has 2 nitrogen and oxygen atoms in total. The summed E-state index contributed by atoms with van der Waals surface area (Å²) in [6.07, 6.45) is 0. The number of likely N-dealkylation sites (N-methyl/N-ethyl adjacent to an activating group) is 1. The van der Waals surface area contributed by atoms with Gasteiger partial charge in [-0.15, -0.1) is 0 Å². The standard InChI is InChI=1S/C18H23ClN2/c1-14-7-9-18(10-8-14)20-11-12-21(3)15(2)16-5-4-6-17(19)13-16/h4-10,13,15,20H,11-12H2,1-3H3. The van der Waals surface area contributed by atoms with Crippen LogP contribution in [-0.2, 0) is 0 Å². The predicted molar refractivity (Wildman–Crippen MR) is 92.2 cm³/mol. The van der Waals surface area contributed by atoms with Crippen molar-refractivity contribution in [1.82, 2.24) is 4.90 Å². The van der Waals surface area contributed by atoms with Gasteiger partial charge in [-0.2, -0.15) is 0 Å². The van der Waals surface area contributed by atoms with Gasteiger partial charge in [0.1, 0.15) is 0 Å². The molecule has 1 unspecified atom stereocenters. The number of nitrogens with one attached hydrogen (secondary N) is 1. The molecule has 3 heteroatoms. The van der Waals surface area contributed by atoms with Gasteiger partial charge in [0.25, 0.3) is 0 Å². The fourth-order valence-electron chi connectivity index (χ4n) is 2.26. The Balaban J connectivity index is 1.84. The molecule has 0 saturated carbocycles. The minimum atomic E-state index is 0.350. The van der Waals surface area contributed by atoms with Crippen LogP contribution in [0.5, 0.6) is 0 Å². The van der Waals surface area contributed by atoms with Crippen molar-refractivity contribution in [2.75, 3.05) is 25.5 Å². The van der Waals surface area contributed by atoms with E-state index in [1.165, 1.54) is 16.8 Å².